The van der Waals surface area contributed by atoms with E-state index in [9.17, 15) is 9.59 Å². The number of carbonyl (C=O) groups excluding carboxylic acids is 2. The highest BCUT2D eigenvalue weighted by molar-refractivity contribution is 7.99. The van der Waals surface area contributed by atoms with E-state index < -0.39 is 0 Å². The maximum absolute atomic E-state index is 12.5. The minimum absolute atomic E-state index is 0.176. The average molecular weight is 647 g/mol. The first-order valence-electron chi connectivity index (χ1n) is 15.4. The Morgan fingerprint density at radius 1 is 1.00 bits per heavy atom. The van der Waals surface area contributed by atoms with Crippen LogP contribution in [0, 0.1) is 13.8 Å². The number of benzene rings is 3. The van der Waals surface area contributed by atoms with Gasteiger partial charge >= 0.3 is 0 Å². The number of amides is 1. The van der Waals surface area contributed by atoms with Crippen molar-refractivity contribution in [1.29, 1.82) is 0 Å². The maximum Gasteiger partial charge on any atom is 0.251 e. The lowest BCUT2D eigenvalue weighted by molar-refractivity contribution is 0.0953. The van der Waals surface area contributed by atoms with Crippen LogP contribution >= 0.6 is 11.9 Å². The zero-order valence-corrected chi connectivity index (χ0v) is 28.9. The average Bonchev–Trinajstić information content (AvgIpc) is 3.44. The molecule has 0 unspecified atom stereocenters. The minimum atomic E-state index is -0.176. The van der Waals surface area contributed by atoms with Crippen LogP contribution in [0.2, 0.25) is 0 Å². The van der Waals surface area contributed by atoms with Gasteiger partial charge in [-0.25, -0.2) is 0 Å². The van der Waals surface area contributed by atoms with Crippen molar-refractivity contribution in [3.8, 4) is 0 Å². The second kappa shape index (κ2) is 22.5. The molecule has 0 radical (unpaired) electrons. The number of nitrogens with zero attached hydrogens (tertiary/aromatic N) is 3. The van der Waals surface area contributed by atoms with Crippen LogP contribution in [0.4, 0.5) is 5.69 Å². The third-order valence-electron chi connectivity index (χ3n) is 6.98. The van der Waals surface area contributed by atoms with Gasteiger partial charge in [0.1, 0.15) is 6.29 Å². The first-order valence-corrected chi connectivity index (χ1v) is 16.6. The highest BCUT2D eigenvalue weighted by Gasteiger charge is 2.11. The van der Waals surface area contributed by atoms with E-state index in [-0.39, 0.29) is 5.91 Å². The summed E-state index contributed by atoms with van der Waals surface area (Å²) in [5.74, 6) is -0.176. The number of hydrogen-bond donors (Lipinski definition) is 3. The zero-order valence-electron chi connectivity index (χ0n) is 28.1. The van der Waals surface area contributed by atoms with Crippen molar-refractivity contribution in [3.63, 3.8) is 0 Å². The molecule has 46 heavy (non-hydrogen) atoms. The van der Waals surface area contributed by atoms with E-state index in [1.165, 1.54) is 23.1 Å². The Morgan fingerprint density at radius 2 is 1.70 bits per heavy atom. The van der Waals surface area contributed by atoms with Gasteiger partial charge in [0, 0.05) is 68.1 Å². The molecule has 0 aliphatic heterocycles. The molecule has 10 heteroatoms. The normalized spacial score (nSPS) is 10.2. The van der Waals surface area contributed by atoms with Crippen LogP contribution in [0.15, 0.2) is 85.1 Å². The minimum Gasteiger partial charge on any atom is -0.383 e. The van der Waals surface area contributed by atoms with Crippen molar-refractivity contribution < 1.29 is 14.3 Å². The first-order chi connectivity index (χ1) is 22.3. The molecule has 0 atom stereocenters. The van der Waals surface area contributed by atoms with E-state index in [1.807, 2.05) is 71.9 Å². The van der Waals surface area contributed by atoms with Gasteiger partial charge in [0.2, 0.25) is 0 Å². The Kier molecular flexibility index (Phi) is 18.7. The number of aromatic nitrogens is 2. The van der Waals surface area contributed by atoms with E-state index in [4.69, 9.17) is 4.74 Å². The van der Waals surface area contributed by atoms with E-state index >= 15 is 0 Å². The molecule has 1 aromatic heterocycles. The van der Waals surface area contributed by atoms with Crippen LogP contribution in [-0.4, -0.2) is 69.1 Å². The molecule has 1 heterocycles. The van der Waals surface area contributed by atoms with Crippen molar-refractivity contribution in [3.05, 3.63) is 119 Å². The largest absolute Gasteiger partial charge is 0.383 e. The lowest BCUT2D eigenvalue weighted by Gasteiger charge is -2.17. The molecule has 9 nitrogen and oxygen atoms in total. The Morgan fingerprint density at radius 3 is 2.28 bits per heavy atom. The van der Waals surface area contributed by atoms with Crippen molar-refractivity contribution in [2.24, 2.45) is 0 Å². The molecule has 0 fully saturated rings. The van der Waals surface area contributed by atoms with Gasteiger partial charge in [-0.2, -0.15) is 5.10 Å². The second-order valence-corrected chi connectivity index (χ2v) is 11.5. The van der Waals surface area contributed by atoms with Crippen LogP contribution in [-0.2, 0) is 24.4 Å². The molecule has 4 rings (SSSR count). The summed E-state index contributed by atoms with van der Waals surface area (Å²) in [6.07, 6.45) is 5.38. The Balaban J connectivity index is 0.000000370. The summed E-state index contributed by atoms with van der Waals surface area (Å²) in [5, 5.41) is 13.8. The highest BCUT2D eigenvalue weighted by atomic mass is 32.2. The second-order valence-electron chi connectivity index (χ2n) is 10.5. The van der Waals surface area contributed by atoms with Crippen molar-refractivity contribution in [2.45, 2.75) is 39.9 Å². The lowest BCUT2D eigenvalue weighted by Crippen LogP contribution is -2.27. The number of aldehydes is 1. The Labute approximate surface area is 279 Å². The zero-order chi connectivity index (χ0) is 33.6. The van der Waals surface area contributed by atoms with E-state index in [2.05, 4.69) is 59.2 Å². The smallest absolute Gasteiger partial charge is 0.251 e. The lowest BCUT2D eigenvalue weighted by atomic mass is 10.1. The molecule has 0 bridgehead atoms. The molecular weight excluding hydrogens is 597 g/mol. The SMILES string of the molecule is CNCc1ccccc1.COCCn1ncc(CNCCCNC(=O)c2cc(C=O)cc(N(C)SC)c2)c1C.Cc1ccccc1. The number of ether oxygens (including phenoxy) is 1. The number of methoxy groups -OCH3 is 1. The summed E-state index contributed by atoms with van der Waals surface area (Å²) in [6.45, 7) is 8.54. The van der Waals surface area contributed by atoms with E-state index in [0.717, 1.165) is 55.8 Å². The van der Waals surface area contributed by atoms with Gasteiger partial charge in [0.15, 0.2) is 0 Å². The van der Waals surface area contributed by atoms with Gasteiger partial charge in [-0.05, 0) is 57.6 Å². The van der Waals surface area contributed by atoms with E-state index in [0.29, 0.717) is 24.3 Å². The molecule has 0 saturated heterocycles. The summed E-state index contributed by atoms with van der Waals surface area (Å²) in [5.41, 5.74) is 6.74. The molecule has 0 aliphatic rings. The molecular formula is C36H50N6O3S. The van der Waals surface area contributed by atoms with Crippen LogP contribution in [0.25, 0.3) is 0 Å². The van der Waals surface area contributed by atoms with Gasteiger partial charge < -0.3 is 25.0 Å². The summed E-state index contributed by atoms with van der Waals surface area (Å²) >= 11 is 1.51. The highest BCUT2D eigenvalue weighted by Crippen LogP contribution is 2.22. The Hall–Kier alpha value is -3.96. The van der Waals surface area contributed by atoms with Crippen molar-refractivity contribution in [1.82, 2.24) is 25.7 Å². The van der Waals surface area contributed by atoms with Gasteiger partial charge in [0.25, 0.3) is 5.91 Å². The van der Waals surface area contributed by atoms with Gasteiger partial charge in [-0.1, -0.05) is 78.2 Å². The summed E-state index contributed by atoms with van der Waals surface area (Å²) in [4.78, 5) is 23.7. The molecule has 248 valence electrons. The topological polar surface area (TPSA) is 101 Å². The Bertz CT molecular complexity index is 1420. The van der Waals surface area contributed by atoms with Crippen molar-refractivity contribution in [2.75, 3.05) is 51.5 Å². The molecule has 0 spiro atoms. The molecule has 0 aliphatic carbocycles. The molecule has 3 aromatic carbocycles. The number of hydrogen-bond acceptors (Lipinski definition) is 8. The van der Waals surface area contributed by atoms with Crippen LogP contribution < -0.4 is 20.3 Å². The van der Waals surface area contributed by atoms with Gasteiger partial charge in [0.05, 0.1) is 19.3 Å². The van der Waals surface area contributed by atoms with Gasteiger partial charge in [-0.3, -0.25) is 14.3 Å². The van der Waals surface area contributed by atoms with Gasteiger partial charge in [-0.15, -0.1) is 0 Å². The number of rotatable bonds is 15. The predicted molar refractivity (Wildman–Crippen MR) is 192 cm³/mol. The van der Waals surface area contributed by atoms with E-state index in [1.54, 1.807) is 25.3 Å². The molecule has 0 saturated carbocycles. The number of aryl methyl sites for hydroxylation is 1. The fraction of sp³-hybridized carbons (Fsp3) is 0.361. The maximum atomic E-state index is 12.5. The molecule has 1 amide bonds. The fourth-order valence-electron chi connectivity index (χ4n) is 4.26. The number of anilines is 1. The number of nitrogens with one attached hydrogen (secondary N) is 3. The summed E-state index contributed by atoms with van der Waals surface area (Å²) in [7, 11) is 5.53. The quantitative estimate of drug-likeness (QED) is 0.0863. The number of carbonyl (C=O) groups is 2. The summed E-state index contributed by atoms with van der Waals surface area (Å²) < 4.78 is 8.94. The fourth-order valence-corrected chi connectivity index (χ4v) is 4.57. The monoisotopic (exact) mass is 646 g/mol. The van der Waals surface area contributed by atoms with Crippen LogP contribution in [0.1, 0.15) is 49.5 Å². The van der Waals surface area contributed by atoms with Crippen LogP contribution in [0.5, 0.6) is 0 Å². The standard InChI is InChI=1S/C21H31N5O3S.C8H11N.C7H8/c1-16-19(14-24-26(16)8-9-29-3)13-22-6-5-7-23-21(28)18-10-17(15-27)11-20(12-18)25(2)30-4;1-9-7-8-5-3-2-4-6-8;1-7-5-3-2-4-6-7/h10-12,14-15,22H,5-9,13H2,1-4H3,(H,23,28);2-6,9H,7H2,1H3;2-6H,1H3. The van der Waals surface area contributed by atoms with Crippen molar-refractivity contribution >= 4 is 29.8 Å². The predicted octanol–water partition coefficient (Wildman–Crippen LogP) is 5.68. The first kappa shape index (κ1) is 38.2. The third kappa shape index (κ3) is 14.4. The summed E-state index contributed by atoms with van der Waals surface area (Å²) in [6, 6.07) is 25.8. The molecule has 4 aromatic rings. The van der Waals surface area contributed by atoms with Crippen LogP contribution in [0.3, 0.4) is 0 Å². The molecule has 3 N–H and O–H groups in total. The third-order valence-corrected chi connectivity index (χ3v) is 7.74.